The molecule has 0 radical (unpaired) electrons. The maximum Gasteiger partial charge on any atom is 0.228 e. The van der Waals surface area contributed by atoms with Crippen LogP contribution in [0, 0.1) is 12.8 Å². The zero-order valence-corrected chi connectivity index (χ0v) is 14.6. The number of benzene rings is 1. The second-order valence-corrected chi connectivity index (χ2v) is 7.21. The van der Waals surface area contributed by atoms with Gasteiger partial charge in [0.15, 0.2) is 0 Å². The molecule has 122 valence electrons. The molecule has 1 saturated heterocycles. The van der Waals surface area contributed by atoms with Gasteiger partial charge in [-0.2, -0.15) is 11.8 Å². The van der Waals surface area contributed by atoms with Crippen LogP contribution in [0.5, 0.6) is 0 Å². The zero-order chi connectivity index (χ0) is 15.9. The van der Waals surface area contributed by atoms with Crippen molar-refractivity contribution in [2.75, 3.05) is 43.5 Å². The quantitative estimate of drug-likeness (QED) is 0.844. The van der Waals surface area contributed by atoms with E-state index in [9.17, 15) is 4.79 Å². The van der Waals surface area contributed by atoms with E-state index >= 15 is 0 Å². The van der Waals surface area contributed by atoms with Crippen molar-refractivity contribution in [3.8, 4) is 0 Å². The molecule has 0 bridgehead atoms. The third kappa shape index (κ3) is 5.00. The third-order valence-electron chi connectivity index (χ3n) is 4.03. The van der Waals surface area contributed by atoms with Crippen LogP contribution in [0.25, 0.3) is 0 Å². The first-order valence-electron chi connectivity index (χ1n) is 7.95. The Balaban J connectivity index is 2.01. The number of carbonyl (C=O) groups is 1. The highest BCUT2D eigenvalue weighted by molar-refractivity contribution is 7.99. The van der Waals surface area contributed by atoms with E-state index in [1.165, 1.54) is 17.1 Å². The first-order valence-corrected chi connectivity index (χ1v) is 9.10. The van der Waals surface area contributed by atoms with Crippen molar-refractivity contribution in [2.45, 2.75) is 20.4 Å². The van der Waals surface area contributed by atoms with E-state index in [0.717, 1.165) is 30.9 Å². The number of carbonyl (C=O) groups excluding carboxylic acids is 1. The van der Waals surface area contributed by atoms with Gasteiger partial charge in [-0.3, -0.25) is 9.69 Å². The molecule has 1 aromatic rings. The Kier molecular flexibility index (Phi) is 6.73. The molecule has 1 atom stereocenters. The summed E-state index contributed by atoms with van der Waals surface area (Å²) < 4.78 is 0. The van der Waals surface area contributed by atoms with Crippen LogP contribution < -0.4 is 10.6 Å². The van der Waals surface area contributed by atoms with E-state index in [0.29, 0.717) is 6.54 Å². The fourth-order valence-corrected chi connectivity index (χ4v) is 3.55. The van der Waals surface area contributed by atoms with Gasteiger partial charge in [0.05, 0.1) is 0 Å². The molecule has 1 aromatic carbocycles. The second-order valence-electron chi connectivity index (χ2n) is 5.99. The first-order chi connectivity index (χ1) is 10.6. The molecular formula is C17H27N3OS. The van der Waals surface area contributed by atoms with Crippen molar-refractivity contribution >= 4 is 23.4 Å². The summed E-state index contributed by atoms with van der Waals surface area (Å²) in [5.74, 6) is 2.48. The van der Waals surface area contributed by atoms with E-state index < -0.39 is 0 Å². The predicted octanol–water partition coefficient (Wildman–Crippen LogP) is 2.34. The standard InChI is InChI=1S/C17H27N3OS/c1-13-4-5-15(12-20-6-8-22-9-7-20)10-16(13)19-17(21)14(2)11-18-3/h4-5,10,14,18H,6-9,11-12H2,1-3H3,(H,19,21). The lowest BCUT2D eigenvalue weighted by Gasteiger charge is -2.26. The van der Waals surface area contributed by atoms with Gasteiger partial charge in [0.25, 0.3) is 0 Å². The number of anilines is 1. The molecule has 0 saturated carbocycles. The monoisotopic (exact) mass is 321 g/mol. The molecule has 0 aromatic heterocycles. The van der Waals surface area contributed by atoms with Crippen LogP contribution in [0.1, 0.15) is 18.1 Å². The van der Waals surface area contributed by atoms with E-state index in [4.69, 9.17) is 0 Å². The molecule has 0 aliphatic carbocycles. The maximum atomic E-state index is 12.2. The van der Waals surface area contributed by atoms with E-state index in [-0.39, 0.29) is 11.8 Å². The number of thioether (sulfide) groups is 1. The second kappa shape index (κ2) is 8.56. The zero-order valence-electron chi connectivity index (χ0n) is 13.8. The first kappa shape index (κ1) is 17.3. The lowest BCUT2D eigenvalue weighted by atomic mass is 10.1. The summed E-state index contributed by atoms with van der Waals surface area (Å²) in [6.45, 7) is 7.95. The van der Waals surface area contributed by atoms with Crippen LogP contribution in [0.2, 0.25) is 0 Å². The molecule has 1 fully saturated rings. The Morgan fingerprint density at radius 1 is 1.36 bits per heavy atom. The summed E-state index contributed by atoms with van der Waals surface area (Å²) in [4.78, 5) is 14.7. The van der Waals surface area contributed by atoms with Gasteiger partial charge in [-0.1, -0.05) is 19.1 Å². The molecule has 1 heterocycles. The highest BCUT2D eigenvalue weighted by atomic mass is 32.2. The van der Waals surface area contributed by atoms with Gasteiger partial charge in [0.2, 0.25) is 5.91 Å². The maximum absolute atomic E-state index is 12.2. The molecular weight excluding hydrogens is 294 g/mol. The number of nitrogens with zero attached hydrogens (tertiary/aromatic N) is 1. The fourth-order valence-electron chi connectivity index (χ4n) is 2.57. The minimum atomic E-state index is -0.0350. The van der Waals surface area contributed by atoms with Gasteiger partial charge < -0.3 is 10.6 Å². The Morgan fingerprint density at radius 2 is 2.09 bits per heavy atom. The van der Waals surface area contributed by atoms with Crippen molar-refractivity contribution in [2.24, 2.45) is 5.92 Å². The van der Waals surface area contributed by atoms with Gasteiger partial charge in [0.1, 0.15) is 0 Å². The Hall–Kier alpha value is -1.04. The van der Waals surface area contributed by atoms with Crippen LogP contribution in [0.4, 0.5) is 5.69 Å². The summed E-state index contributed by atoms with van der Waals surface area (Å²) in [7, 11) is 1.87. The SMILES string of the molecule is CNCC(C)C(=O)Nc1cc(CN2CCSCC2)ccc1C. The Morgan fingerprint density at radius 3 is 2.77 bits per heavy atom. The number of hydrogen-bond acceptors (Lipinski definition) is 4. The molecule has 2 rings (SSSR count). The topological polar surface area (TPSA) is 44.4 Å². The van der Waals surface area contributed by atoms with Gasteiger partial charge >= 0.3 is 0 Å². The molecule has 5 heteroatoms. The van der Waals surface area contributed by atoms with E-state index in [1.807, 2.05) is 32.7 Å². The van der Waals surface area contributed by atoms with Crippen LogP contribution in [0.3, 0.4) is 0 Å². The number of hydrogen-bond donors (Lipinski definition) is 2. The van der Waals surface area contributed by atoms with Crippen LogP contribution >= 0.6 is 11.8 Å². The average Bonchev–Trinajstić information content (AvgIpc) is 2.52. The lowest BCUT2D eigenvalue weighted by molar-refractivity contribution is -0.119. The number of aryl methyl sites for hydroxylation is 1. The molecule has 2 N–H and O–H groups in total. The van der Waals surface area contributed by atoms with Gasteiger partial charge in [-0.15, -0.1) is 0 Å². The summed E-state index contributed by atoms with van der Waals surface area (Å²) in [5, 5.41) is 6.12. The molecule has 1 unspecified atom stereocenters. The summed E-state index contributed by atoms with van der Waals surface area (Å²) in [5.41, 5.74) is 3.33. The highest BCUT2D eigenvalue weighted by Crippen LogP contribution is 2.20. The minimum Gasteiger partial charge on any atom is -0.326 e. The van der Waals surface area contributed by atoms with Crippen LogP contribution in [-0.2, 0) is 11.3 Å². The largest absolute Gasteiger partial charge is 0.326 e. The molecule has 0 spiro atoms. The lowest BCUT2D eigenvalue weighted by Crippen LogP contribution is -2.32. The van der Waals surface area contributed by atoms with Gasteiger partial charge in [0, 0.05) is 49.3 Å². The normalized spacial score (nSPS) is 17.2. The number of rotatable bonds is 6. The van der Waals surface area contributed by atoms with Crippen molar-refractivity contribution in [1.29, 1.82) is 0 Å². The predicted molar refractivity (Wildman–Crippen MR) is 95.5 cm³/mol. The fraction of sp³-hybridized carbons (Fsp3) is 0.588. The molecule has 22 heavy (non-hydrogen) atoms. The minimum absolute atomic E-state index is 0.0350. The van der Waals surface area contributed by atoms with Crippen molar-refractivity contribution in [1.82, 2.24) is 10.2 Å². The smallest absolute Gasteiger partial charge is 0.228 e. The Bertz CT molecular complexity index is 501. The molecule has 4 nitrogen and oxygen atoms in total. The van der Waals surface area contributed by atoms with Crippen molar-refractivity contribution in [3.05, 3.63) is 29.3 Å². The van der Waals surface area contributed by atoms with Gasteiger partial charge in [-0.05, 0) is 31.2 Å². The third-order valence-corrected chi connectivity index (χ3v) is 4.97. The summed E-state index contributed by atoms with van der Waals surface area (Å²) in [6.07, 6.45) is 0. The van der Waals surface area contributed by atoms with Crippen molar-refractivity contribution in [3.63, 3.8) is 0 Å². The molecule has 1 aliphatic heterocycles. The van der Waals surface area contributed by atoms with E-state index in [2.05, 4.69) is 33.7 Å². The van der Waals surface area contributed by atoms with E-state index in [1.54, 1.807) is 0 Å². The number of amides is 1. The Labute approximate surface area is 138 Å². The highest BCUT2D eigenvalue weighted by Gasteiger charge is 2.14. The summed E-state index contributed by atoms with van der Waals surface area (Å²) in [6, 6.07) is 6.40. The molecule has 1 amide bonds. The van der Waals surface area contributed by atoms with Crippen molar-refractivity contribution < 1.29 is 4.79 Å². The summed E-state index contributed by atoms with van der Waals surface area (Å²) >= 11 is 2.03. The van der Waals surface area contributed by atoms with Crippen LogP contribution in [0.15, 0.2) is 18.2 Å². The average molecular weight is 321 g/mol. The molecule has 1 aliphatic rings. The van der Waals surface area contributed by atoms with Crippen LogP contribution in [-0.4, -0.2) is 49.0 Å². The number of nitrogens with one attached hydrogen (secondary N) is 2. The van der Waals surface area contributed by atoms with Gasteiger partial charge in [-0.25, -0.2) is 0 Å².